The van der Waals surface area contributed by atoms with Crippen LogP contribution in [0.5, 0.6) is 0 Å². The van der Waals surface area contributed by atoms with E-state index in [1.54, 1.807) is 6.26 Å². The molecule has 1 aromatic carbocycles. The summed E-state index contributed by atoms with van der Waals surface area (Å²) < 4.78 is 5.50. The molecule has 2 rings (SSSR count). The maximum Gasteiger partial charge on any atom is 0.226 e. The van der Waals surface area contributed by atoms with Gasteiger partial charge in [-0.1, -0.05) is 44.9 Å². The van der Waals surface area contributed by atoms with Gasteiger partial charge in [0.05, 0.1) is 6.54 Å². The molecule has 3 N–H and O–H groups in total. The van der Waals surface area contributed by atoms with Gasteiger partial charge in [-0.3, -0.25) is 0 Å². The number of nitrogens with zero attached hydrogens (tertiary/aromatic N) is 2. The number of hydrogen-bond acceptors (Lipinski definition) is 3. The molecule has 1 unspecified atom stereocenters. The summed E-state index contributed by atoms with van der Waals surface area (Å²) in [7, 11) is 0. The number of aromatic nitrogens is 1. The standard InChI is InChI=1S/C19H28N4O/c1-14(2)8-7-9-15(3)22-19(20)21-12-17-13-24-18(23-17)16-10-5-4-6-11-16/h4-6,10-11,13-15H,7-9,12H2,1-3H3,(H3,20,21,22). The van der Waals surface area contributed by atoms with Gasteiger partial charge in [-0.05, 0) is 31.4 Å². The van der Waals surface area contributed by atoms with Crippen LogP contribution in [0, 0.1) is 5.92 Å². The zero-order valence-electron chi connectivity index (χ0n) is 14.8. The van der Waals surface area contributed by atoms with Gasteiger partial charge in [0.15, 0.2) is 5.96 Å². The zero-order chi connectivity index (χ0) is 17.4. The Hall–Kier alpha value is -2.30. The molecule has 0 aliphatic rings. The summed E-state index contributed by atoms with van der Waals surface area (Å²) in [6, 6.07) is 10.1. The Morgan fingerprint density at radius 3 is 2.67 bits per heavy atom. The summed E-state index contributed by atoms with van der Waals surface area (Å²) in [4.78, 5) is 8.79. The van der Waals surface area contributed by atoms with Crippen LogP contribution in [0.3, 0.4) is 0 Å². The van der Waals surface area contributed by atoms with Crippen molar-refractivity contribution in [1.82, 2.24) is 10.3 Å². The number of oxazole rings is 1. The molecule has 5 nitrogen and oxygen atoms in total. The molecule has 0 aliphatic carbocycles. The van der Waals surface area contributed by atoms with E-state index >= 15 is 0 Å². The van der Waals surface area contributed by atoms with Gasteiger partial charge in [0.1, 0.15) is 12.0 Å². The fourth-order valence-electron chi connectivity index (χ4n) is 2.46. The fraction of sp³-hybridized carbons (Fsp3) is 0.474. The van der Waals surface area contributed by atoms with Crippen molar-refractivity contribution in [3.63, 3.8) is 0 Å². The van der Waals surface area contributed by atoms with Crippen molar-refractivity contribution >= 4 is 5.96 Å². The maximum atomic E-state index is 5.95. The van der Waals surface area contributed by atoms with Crippen LogP contribution in [0.4, 0.5) is 0 Å². The molecule has 1 heterocycles. The highest BCUT2D eigenvalue weighted by molar-refractivity contribution is 5.78. The number of benzene rings is 1. The molecule has 0 amide bonds. The summed E-state index contributed by atoms with van der Waals surface area (Å²) in [5.74, 6) is 1.81. The van der Waals surface area contributed by atoms with E-state index in [-0.39, 0.29) is 0 Å². The molecule has 0 aliphatic heterocycles. The predicted molar refractivity (Wildman–Crippen MR) is 98.6 cm³/mol. The van der Waals surface area contributed by atoms with Gasteiger partial charge in [-0.15, -0.1) is 0 Å². The second-order valence-electron chi connectivity index (χ2n) is 6.58. The van der Waals surface area contributed by atoms with Crippen molar-refractivity contribution in [2.45, 2.75) is 52.6 Å². The van der Waals surface area contributed by atoms with E-state index in [2.05, 4.69) is 36.1 Å². The van der Waals surface area contributed by atoms with E-state index in [4.69, 9.17) is 10.2 Å². The molecule has 0 bridgehead atoms. The van der Waals surface area contributed by atoms with Gasteiger partial charge in [-0.2, -0.15) is 0 Å². The van der Waals surface area contributed by atoms with E-state index in [1.807, 2.05) is 30.3 Å². The van der Waals surface area contributed by atoms with Crippen LogP contribution in [0.15, 0.2) is 46.0 Å². The Labute approximate surface area is 144 Å². The average Bonchev–Trinajstić information content (AvgIpc) is 3.02. The molecule has 0 radical (unpaired) electrons. The first-order valence-electron chi connectivity index (χ1n) is 8.61. The first kappa shape index (κ1) is 18.0. The molecular formula is C19H28N4O. The number of nitrogens with one attached hydrogen (secondary N) is 1. The minimum Gasteiger partial charge on any atom is -0.444 e. The Morgan fingerprint density at radius 2 is 1.96 bits per heavy atom. The van der Waals surface area contributed by atoms with Crippen molar-refractivity contribution in [3.8, 4) is 11.5 Å². The average molecular weight is 328 g/mol. The number of nitrogens with two attached hydrogens (primary N) is 1. The Morgan fingerprint density at radius 1 is 1.21 bits per heavy atom. The van der Waals surface area contributed by atoms with Gasteiger partial charge >= 0.3 is 0 Å². The number of guanidine groups is 1. The highest BCUT2D eigenvalue weighted by Crippen LogP contribution is 2.18. The number of rotatable bonds is 8. The van der Waals surface area contributed by atoms with E-state index in [1.165, 1.54) is 12.8 Å². The van der Waals surface area contributed by atoms with Crippen LogP contribution in [0.1, 0.15) is 45.7 Å². The van der Waals surface area contributed by atoms with Crippen LogP contribution in [0.2, 0.25) is 0 Å². The zero-order valence-corrected chi connectivity index (χ0v) is 14.8. The third-order valence-electron chi connectivity index (χ3n) is 3.80. The highest BCUT2D eigenvalue weighted by Gasteiger charge is 2.07. The van der Waals surface area contributed by atoms with Gasteiger partial charge in [-0.25, -0.2) is 9.98 Å². The van der Waals surface area contributed by atoms with Crippen molar-refractivity contribution < 1.29 is 4.42 Å². The van der Waals surface area contributed by atoms with Crippen molar-refractivity contribution in [2.24, 2.45) is 16.6 Å². The predicted octanol–water partition coefficient (Wildman–Crippen LogP) is 3.96. The largest absolute Gasteiger partial charge is 0.444 e. The number of aliphatic imine (C=N–C) groups is 1. The summed E-state index contributed by atoms with van der Waals surface area (Å²) in [5, 5.41) is 3.23. The van der Waals surface area contributed by atoms with Crippen LogP contribution < -0.4 is 11.1 Å². The van der Waals surface area contributed by atoms with Crippen molar-refractivity contribution in [2.75, 3.05) is 0 Å². The normalized spacial score (nSPS) is 13.2. The molecule has 0 spiro atoms. The summed E-state index contributed by atoms with van der Waals surface area (Å²) in [6.07, 6.45) is 5.16. The lowest BCUT2D eigenvalue weighted by Gasteiger charge is -2.14. The Kier molecular flexibility index (Phi) is 6.85. The molecule has 0 saturated carbocycles. The van der Waals surface area contributed by atoms with Gasteiger partial charge in [0, 0.05) is 11.6 Å². The maximum absolute atomic E-state index is 5.95. The lowest BCUT2D eigenvalue weighted by atomic mass is 10.0. The van der Waals surface area contributed by atoms with Crippen molar-refractivity contribution in [1.29, 1.82) is 0 Å². The van der Waals surface area contributed by atoms with Gasteiger partial charge < -0.3 is 15.5 Å². The van der Waals surface area contributed by atoms with Crippen LogP contribution in [-0.4, -0.2) is 17.0 Å². The van der Waals surface area contributed by atoms with E-state index < -0.39 is 0 Å². The molecule has 5 heteroatoms. The topological polar surface area (TPSA) is 76.4 Å². The van der Waals surface area contributed by atoms with Gasteiger partial charge in [0.2, 0.25) is 5.89 Å². The second-order valence-corrected chi connectivity index (χ2v) is 6.58. The second kappa shape index (κ2) is 9.11. The Bertz CT molecular complexity index is 634. The van der Waals surface area contributed by atoms with Crippen LogP contribution in [0.25, 0.3) is 11.5 Å². The fourth-order valence-corrected chi connectivity index (χ4v) is 2.46. The molecule has 2 aromatic rings. The highest BCUT2D eigenvalue weighted by atomic mass is 16.3. The monoisotopic (exact) mass is 328 g/mol. The van der Waals surface area contributed by atoms with E-state index in [9.17, 15) is 0 Å². The molecule has 0 fully saturated rings. The Balaban J connectivity index is 1.81. The number of hydrogen-bond donors (Lipinski definition) is 2. The van der Waals surface area contributed by atoms with Crippen LogP contribution in [-0.2, 0) is 6.54 Å². The minimum absolute atomic E-state index is 0.324. The molecular weight excluding hydrogens is 300 g/mol. The molecule has 24 heavy (non-hydrogen) atoms. The van der Waals surface area contributed by atoms with E-state index in [0.29, 0.717) is 24.4 Å². The SMILES string of the molecule is CC(C)CCCC(C)NC(N)=NCc1coc(-c2ccccc2)n1. The summed E-state index contributed by atoms with van der Waals surface area (Å²) in [5.41, 5.74) is 7.68. The minimum atomic E-state index is 0.324. The third kappa shape index (κ3) is 6.07. The summed E-state index contributed by atoms with van der Waals surface area (Å²) >= 11 is 0. The lowest BCUT2D eigenvalue weighted by molar-refractivity contribution is 0.493. The summed E-state index contributed by atoms with van der Waals surface area (Å²) in [6.45, 7) is 7.03. The molecule has 0 saturated heterocycles. The first-order chi connectivity index (χ1) is 11.5. The molecule has 1 aromatic heterocycles. The first-order valence-corrected chi connectivity index (χ1v) is 8.61. The quantitative estimate of drug-likeness (QED) is 0.568. The van der Waals surface area contributed by atoms with Gasteiger partial charge in [0.25, 0.3) is 0 Å². The smallest absolute Gasteiger partial charge is 0.226 e. The lowest BCUT2D eigenvalue weighted by Crippen LogP contribution is -2.38. The molecule has 1 atom stereocenters. The third-order valence-corrected chi connectivity index (χ3v) is 3.80. The van der Waals surface area contributed by atoms with Crippen LogP contribution >= 0.6 is 0 Å². The van der Waals surface area contributed by atoms with E-state index in [0.717, 1.165) is 23.6 Å². The molecule has 130 valence electrons. The van der Waals surface area contributed by atoms with Crippen molar-refractivity contribution in [3.05, 3.63) is 42.3 Å².